The van der Waals surface area contributed by atoms with Crippen molar-refractivity contribution in [1.29, 1.82) is 0 Å². The van der Waals surface area contributed by atoms with Gasteiger partial charge in [0.25, 0.3) is 0 Å². The summed E-state index contributed by atoms with van der Waals surface area (Å²) < 4.78 is 18.5. The summed E-state index contributed by atoms with van der Waals surface area (Å²) >= 11 is 0. The maximum Gasteiger partial charge on any atom is 0.223 e. The molecule has 0 bridgehead atoms. The summed E-state index contributed by atoms with van der Waals surface area (Å²) in [5.41, 5.74) is 3.54. The second-order valence-corrected chi connectivity index (χ2v) is 8.60. The summed E-state index contributed by atoms with van der Waals surface area (Å²) in [6.07, 6.45) is 1.73. The highest BCUT2D eigenvalue weighted by Crippen LogP contribution is 2.20. The van der Waals surface area contributed by atoms with Crippen LogP contribution in [0, 0.1) is 11.7 Å². The fourth-order valence-electron chi connectivity index (χ4n) is 4.39. The minimum absolute atomic E-state index is 0.0704. The van der Waals surface area contributed by atoms with Crippen LogP contribution in [0.2, 0.25) is 0 Å². The van der Waals surface area contributed by atoms with Gasteiger partial charge in [-0.15, -0.1) is 0 Å². The number of hydrogen-bond donors (Lipinski definition) is 1. The molecule has 0 radical (unpaired) electrons. The van der Waals surface area contributed by atoms with E-state index >= 15 is 0 Å². The maximum absolute atomic E-state index is 13.1. The number of ether oxygens (including phenoxy) is 1. The molecule has 6 heteroatoms. The topological polar surface area (TPSA) is 44.8 Å². The summed E-state index contributed by atoms with van der Waals surface area (Å²) in [6, 6.07) is 15.2. The highest BCUT2D eigenvalue weighted by atomic mass is 19.1. The Morgan fingerprint density at radius 1 is 0.903 bits per heavy atom. The fourth-order valence-corrected chi connectivity index (χ4v) is 4.39. The average molecular weight is 426 g/mol. The van der Waals surface area contributed by atoms with Crippen molar-refractivity contribution in [3.05, 3.63) is 71.0 Å². The number of piperidine rings is 1. The molecule has 2 aliphatic rings. The van der Waals surface area contributed by atoms with E-state index in [0.29, 0.717) is 6.54 Å². The van der Waals surface area contributed by atoms with Crippen molar-refractivity contribution in [2.24, 2.45) is 5.92 Å². The van der Waals surface area contributed by atoms with Gasteiger partial charge in [0.2, 0.25) is 5.91 Å². The third kappa shape index (κ3) is 6.60. The number of rotatable bonds is 7. The van der Waals surface area contributed by atoms with Gasteiger partial charge in [-0.3, -0.25) is 14.6 Å². The van der Waals surface area contributed by atoms with Crippen LogP contribution in [0.15, 0.2) is 48.5 Å². The number of hydrogen-bond acceptors (Lipinski definition) is 4. The first-order valence-corrected chi connectivity index (χ1v) is 11.3. The molecule has 2 aromatic rings. The summed E-state index contributed by atoms with van der Waals surface area (Å²) in [6.45, 7) is 7.65. The van der Waals surface area contributed by atoms with E-state index in [1.165, 1.54) is 17.7 Å². The van der Waals surface area contributed by atoms with Crippen molar-refractivity contribution < 1.29 is 13.9 Å². The number of morpholine rings is 1. The number of amides is 1. The van der Waals surface area contributed by atoms with E-state index < -0.39 is 0 Å². The standard InChI is InChI=1S/C25H32FN3O2/c26-24-6-4-20(5-7-24)18-28-10-8-23(9-11-28)25(30)27-17-21-2-1-3-22(16-21)19-29-12-14-31-15-13-29/h1-7,16,23H,8-15,17-19H2,(H,27,30). The molecule has 2 aliphatic heterocycles. The highest BCUT2D eigenvalue weighted by Gasteiger charge is 2.24. The van der Waals surface area contributed by atoms with Gasteiger partial charge in [0, 0.05) is 38.6 Å². The Morgan fingerprint density at radius 2 is 1.55 bits per heavy atom. The number of likely N-dealkylation sites (tertiary alicyclic amines) is 1. The van der Waals surface area contributed by atoms with E-state index in [-0.39, 0.29) is 17.6 Å². The Labute approximate surface area is 184 Å². The molecule has 166 valence electrons. The van der Waals surface area contributed by atoms with Gasteiger partial charge in [-0.1, -0.05) is 36.4 Å². The molecule has 0 aromatic heterocycles. The van der Waals surface area contributed by atoms with Crippen molar-refractivity contribution in [1.82, 2.24) is 15.1 Å². The summed E-state index contributed by atoms with van der Waals surface area (Å²) in [5, 5.41) is 3.14. The van der Waals surface area contributed by atoms with Crippen LogP contribution in [0.3, 0.4) is 0 Å². The van der Waals surface area contributed by atoms with Gasteiger partial charge in [-0.2, -0.15) is 0 Å². The molecule has 0 unspecified atom stereocenters. The van der Waals surface area contributed by atoms with Crippen molar-refractivity contribution in [2.45, 2.75) is 32.5 Å². The quantitative estimate of drug-likeness (QED) is 0.740. The van der Waals surface area contributed by atoms with E-state index in [0.717, 1.165) is 76.5 Å². The van der Waals surface area contributed by atoms with Gasteiger partial charge in [0.15, 0.2) is 0 Å². The molecule has 0 aliphatic carbocycles. The summed E-state index contributed by atoms with van der Waals surface area (Å²) in [5.74, 6) is 0.0202. The lowest BCUT2D eigenvalue weighted by atomic mass is 9.95. The SMILES string of the molecule is O=C(NCc1cccc(CN2CCOCC2)c1)C1CCN(Cc2ccc(F)cc2)CC1. The molecule has 31 heavy (non-hydrogen) atoms. The zero-order valence-electron chi connectivity index (χ0n) is 18.1. The monoisotopic (exact) mass is 425 g/mol. The normalized spacial score (nSPS) is 18.7. The van der Waals surface area contributed by atoms with Crippen LogP contribution >= 0.6 is 0 Å². The minimum Gasteiger partial charge on any atom is -0.379 e. The first-order chi connectivity index (χ1) is 15.2. The van der Waals surface area contributed by atoms with Crippen LogP contribution in [-0.2, 0) is 29.2 Å². The molecule has 0 spiro atoms. The van der Waals surface area contributed by atoms with Gasteiger partial charge < -0.3 is 10.1 Å². The molecule has 5 nitrogen and oxygen atoms in total. The predicted octanol–water partition coefficient (Wildman–Crippen LogP) is 3.19. The van der Waals surface area contributed by atoms with E-state index in [1.807, 2.05) is 12.1 Å². The predicted molar refractivity (Wildman–Crippen MR) is 119 cm³/mol. The third-order valence-electron chi connectivity index (χ3n) is 6.25. The highest BCUT2D eigenvalue weighted by molar-refractivity contribution is 5.78. The number of nitrogens with zero attached hydrogens (tertiary/aromatic N) is 2. The Morgan fingerprint density at radius 3 is 2.29 bits per heavy atom. The number of benzene rings is 2. The van der Waals surface area contributed by atoms with Gasteiger partial charge in [0.05, 0.1) is 13.2 Å². The van der Waals surface area contributed by atoms with Crippen LogP contribution < -0.4 is 5.32 Å². The number of nitrogens with one attached hydrogen (secondary N) is 1. The molecule has 2 heterocycles. The lowest BCUT2D eigenvalue weighted by Crippen LogP contribution is -2.40. The van der Waals surface area contributed by atoms with Gasteiger partial charge in [-0.25, -0.2) is 4.39 Å². The molecule has 0 atom stereocenters. The lowest BCUT2D eigenvalue weighted by Gasteiger charge is -2.31. The van der Waals surface area contributed by atoms with E-state index in [2.05, 4.69) is 39.4 Å². The molecule has 2 aromatic carbocycles. The largest absolute Gasteiger partial charge is 0.379 e. The van der Waals surface area contributed by atoms with Crippen LogP contribution in [0.1, 0.15) is 29.5 Å². The summed E-state index contributed by atoms with van der Waals surface area (Å²) in [7, 11) is 0. The second kappa shape index (κ2) is 10.8. The Hall–Kier alpha value is -2.28. The zero-order valence-corrected chi connectivity index (χ0v) is 18.1. The number of carbonyl (C=O) groups is 1. The van der Waals surface area contributed by atoms with Crippen LogP contribution in [0.25, 0.3) is 0 Å². The first-order valence-electron chi connectivity index (χ1n) is 11.3. The van der Waals surface area contributed by atoms with Crippen molar-refractivity contribution >= 4 is 5.91 Å². The maximum atomic E-state index is 13.1. The van der Waals surface area contributed by atoms with Gasteiger partial charge in [0.1, 0.15) is 5.82 Å². The molecular formula is C25H32FN3O2. The second-order valence-electron chi connectivity index (χ2n) is 8.60. The van der Waals surface area contributed by atoms with E-state index in [9.17, 15) is 9.18 Å². The van der Waals surface area contributed by atoms with Crippen LogP contribution in [0.5, 0.6) is 0 Å². The third-order valence-corrected chi connectivity index (χ3v) is 6.25. The lowest BCUT2D eigenvalue weighted by molar-refractivity contribution is -0.126. The Kier molecular flexibility index (Phi) is 7.67. The molecular weight excluding hydrogens is 393 g/mol. The van der Waals surface area contributed by atoms with Crippen molar-refractivity contribution in [3.63, 3.8) is 0 Å². The van der Waals surface area contributed by atoms with E-state index in [4.69, 9.17) is 4.74 Å². The summed E-state index contributed by atoms with van der Waals surface area (Å²) in [4.78, 5) is 17.4. The molecule has 4 rings (SSSR count). The van der Waals surface area contributed by atoms with Crippen LogP contribution in [0.4, 0.5) is 4.39 Å². The van der Waals surface area contributed by atoms with Crippen molar-refractivity contribution in [2.75, 3.05) is 39.4 Å². The smallest absolute Gasteiger partial charge is 0.223 e. The molecule has 2 saturated heterocycles. The zero-order chi connectivity index (χ0) is 21.5. The van der Waals surface area contributed by atoms with Gasteiger partial charge in [-0.05, 0) is 54.8 Å². The van der Waals surface area contributed by atoms with Crippen LogP contribution in [-0.4, -0.2) is 55.1 Å². The molecule has 0 saturated carbocycles. The fraction of sp³-hybridized carbons (Fsp3) is 0.480. The molecule has 1 N–H and O–H groups in total. The van der Waals surface area contributed by atoms with Crippen molar-refractivity contribution in [3.8, 4) is 0 Å². The first kappa shape index (κ1) is 21.9. The van der Waals surface area contributed by atoms with E-state index in [1.54, 1.807) is 0 Å². The number of halogens is 1. The molecule has 1 amide bonds. The molecule has 2 fully saturated rings. The average Bonchev–Trinajstić information content (AvgIpc) is 2.80. The Bertz CT molecular complexity index is 844. The number of carbonyl (C=O) groups excluding carboxylic acids is 1. The Balaban J connectivity index is 1.20. The minimum atomic E-state index is -0.203. The van der Waals surface area contributed by atoms with Gasteiger partial charge >= 0.3 is 0 Å².